The zero-order valence-corrected chi connectivity index (χ0v) is 25.4. The highest BCUT2D eigenvalue weighted by molar-refractivity contribution is 8.25. The van der Waals surface area contributed by atoms with Gasteiger partial charge in [0.15, 0.2) is 0 Å². The molecule has 0 unspecified atom stereocenters. The molecule has 1 fully saturated rings. The highest BCUT2D eigenvalue weighted by atomic mass is 35.5. The van der Waals surface area contributed by atoms with Gasteiger partial charge in [-0.25, -0.2) is 0 Å². The van der Waals surface area contributed by atoms with Gasteiger partial charge in [0.1, 0.15) is 0 Å². The molecular weight excluding hydrogens is 536 g/mol. The number of halogens is 1. The molecule has 0 bridgehead atoms. The van der Waals surface area contributed by atoms with Gasteiger partial charge in [-0.1, -0.05) is 51.1 Å². The van der Waals surface area contributed by atoms with Gasteiger partial charge in [-0.05, 0) is 62.3 Å². The summed E-state index contributed by atoms with van der Waals surface area (Å²) in [5.41, 5.74) is 2.79. The molecule has 0 spiro atoms. The molecule has 3 atom stereocenters. The Balaban J connectivity index is 0.00000533. The average molecular weight is 583 g/mol. The zero-order chi connectivity index (χ0) is 27.9. The van der Waals surface area contributed by atoms with Crippen molar-refractivity contribution < 1.29 is 19.0 Å². The molecule has 1 saturated heterocycles. The maximum Gasteiger partial charge on any atom is 0.251 e. The second-order valence-electron chi connectivity index (χ2n) is 11.3. The van der Waals surface area contributed by atoms with Gasteiger partial charge in [0.25, 0.3) is 5.91 Å². The average Bonchev–Trinajstić information content (AvgIpc) is 2.86. The Hall–Kier alpha value is -2.01. The molecule has 1 amide bonds. The van der Waals surface area contributed by atoms with E-state index in [0.717, 1.165) is 24.1 Å². The number of hydrogen-bond acceptors (Lipinski definition) is 7. The van der Waals surface area contributed by atoms with Crippen molar-refractivity contribution in [2.75, 3.05) is 35.0 Å². The molecule has 1 aliphatic heterocycles. The van der Waals surface area contributed by atoms with Crippen LogP contribution >= 0.6 is 23.2 Å². The number of nitrogens with one attached hydrogen (secondary N) is 3. The number of amides is 1. The molecule has 6 N–H and O–H groups in total. The number of carbonyl (C=O) groups excluding carboxylic acids is 1. The normalized spacial score (nSPS) is 18.3. The predicted molar refractivity (Wildman–Crippen MR) is 166 cm³/mol. The van der Waals surface area contributed by atoms with E-state index in [1.165, 1.54) is 0 Å². The molecule has 10 heteroatoms. The van der Waals surface area contributed by atoms with Crippen LogP contribution in [0.5, 0.6) is 0 Å². The van der Waals surface area contributed by atoms with Crippen LogP contribution in [-0.2, 0) is 6.42 Å². The number of rotatable bonds is 11. The van der Waals surface area contributed by atoms with Gasteiger partial charge in [0, 0.05) is 36.9 Å². The van der Waals surface area contributed by atoms with Crippen molar-refractivity contribution in [2.24, 2.45) is 5.41 Å². The lowest BCUT2D eigenvalue weighted by Crippen LogP contribution is -2.51. The Morgan fingerprint density at radius 1 is 1.10 bits per heavy atom. The molecule has 0 radical (unpaired) electrons. The fourth-order valence-corrected chi connectivity index (χ4v) is 6.12. The number of aliphatic hydroxyl groups excluding tert-OH is 1. The Morgan fingerprint density at radius 3 is 2.41 bits per heavy atom. The molecular formula is C29H47ClN4O4S. The zero-order valence-electron chi connectivity index (χ0n) is 23.8. The molecule has 0 aromatic heterocycles. The minimum atomic E-state index is -2.93. The van der Waals surface area contributed by atoms with Gasteiger partial charge in [0.2, 0.25) is 0 Å². The van der Waals surface area contributed by atoms with E-state index in [-0.39, 0.29) is 29.8 Å². The second kappa shape index (κ2) is 14.6. The molecule has 3 rings (SSSR count). The predicted octanol–water partition coefficient (Wildman–Crippen LogP) is 5.53. The fraction of sp³-hybridized carbons (Fsp3) is 0.552. The third-order valence-electron chi connectivity index (χ3n) is 7.24. The number of anilines is 2. The van der Waals surface area contributed by atoms with E-state index < -0.39 is 22.9 Å². The summed E-state index contributed by atoms with van der Waals surface area (Å²) in [6, 6.07) is 14.8. The smallest absolute Gasteiger partial charge is 0.251 e. The monoisotopic (exact) mass is 582 g/mol. The minimum absolute atomic E-state index is 0. The molecule has 8 nitrogen and oxygen atoms in total. The number of nitrogens with zero attached hydrogens (tertiary/aromatic N) is 1. The third-order valence-corrected chi connectivity index (χ3v) is 9.18. The lowest BCUT2D eigenvalue weighted by Gasteiger charge is -2.47. The maximum atomic E-state index is 13.6. The van der Waals surface area contributed by atoms with Crippen LogP contribution in [0.25, 0.3) is 0 Å². The second-order valence-corrected chi connectivity index (χ2v) is 13.4. The molecule has 0 aliphatic carbocycles. The quantitative estimate of drug-likeness (QED) is 0.206. The van der Waals surface area contributed by atoms with E-state index in [1.54, 1.807) is 16.4 Å². The van der Waals surface area contributed by atoms with Crippen LogP contribution in [-0.4, -0.2) is 63.7 Å². The van der Waals surface area contributed by atoms with Crippen LogP contribution in [0.15, 0.2) is 48.5 Å². The highest BCUT2D eigenvalue weighted by Gasteiger charge is 2.29. The van der Waals surface area contributed by atoms with Crippen LogP contribution < -0.4 is 20.3 Å². The summed E-state index contributed by atoms with van der Waals surface area (Å²) >= 11 is 0. The van der Waals surface area contributed by atoms with E-state index >= 15 is 0 Å². The summed E-state index contributed by atoms with van der Waals surface area (Å²) in [7, 11) is -2.93. The van der Waals surface area contributed by atoms with Crippen molar-refractivity contribution in [1.82, 2.24) is 10.6 Å². The lowest BCUT2D eigenvalue weighted by molar-refractivity contribution is 0.0813. The van der Waals surface area contributed by atoms with Crippen LogP contribution in [0.2, 0.25) is 0 Å². The molecule has 220 valence electrons. The van der Waals surface area contributed by atoms with E-state index in [9.17, 15) is 19.0 Å². The van der Waals surface area contributed by atoms with Crippen LogP contribution in [0, 0.1) is 5.41 Å². The standard InChI is InChI=1S/C29H46N4O4S.ClH/c1-6-30-24-17-23(18-25(19-24)33-14-10-11-15-38(33,36)37)28(35)32-26(16-22-12-8-7-9-13-22)27(34)20-31-21(2)29(3,4)5;/h7-9,12-13,17-19,21,26-27,30-31,34,36-37H,6,10-11,14-16,20H2,1-5H3,(H,32,35);1H/t21-,26-,27+;/m0./s1. The summed E-state index contributed by atoms with van der Waals surface area (Å²) in [5.74, 6) is 0.00835. The van der Waals surface area contributed by atoms with Crippen LogP contribution in [0.3, 0.4) is 0 Å². The van der Waals surface area contributed by atoms with Gasteiger partial charge < -0.3 is 21.1 Å². The number of hydrogen-bond donors (Lipinski definition) is 6. The summed E-state index contributed by atoms with van der Waals surface area (Å²) in [5, 5.41) is 20.9. The van der Waals surface area contributed by atoms with Gasteiger partial charge in [-0.3, -0.25) is 18.2 Å². The summed E-state index contributed by atoms with van der Waals surface area (Å²) < 4.78 is 23.0. The topological polar surface area (TPSA) is 117 Å². The van der Waals surface area contributed by atoms with E-state index in [2.05, 4.69) is 43.6 Å². The summed E-state index contributed by atoms with van der Waals surface area (Å²) in [4.78, 5) is 13.6. The molecule has 39 heavy (non-hydrogen) atoms. The molecule has 0 saturated carbocycles. The molecule has 2 aromatic carbocycles. The Bertz CT molecular complexity index is 1050. The first kappa shape index (κ1) is 33.2. The first-order valence-corrected chi connectivity index (χ1v) is 15.3. The summed E-state index contributed by atoms with van der Waals surface area (Å²) in [6.07, 6.45) is 1.29. The third kappa shape index (κ3) is 9.55. The SMILES string of the molecule is CCNc1cc(C(=O)N[C@@H](Cc2ccccc2)[C@H](O)CN[C@@H](C)C(C)(C)C)cc(N2CCCCS2(O)O)c1.Cl. The van der Waals surface area contributed by atoms with E-state index in [4.69, 9.17) is 0 Å². The van der Waals surface area contributed by atoms with Crippen molar-refractivity contribution >= 4 is 40.5 Å². The van der Waals surface area contributed by atoms with Gasteiger partial charge >= 0.3 is 0 Å². The Kier molecular flexibility index (Phi) is 12.4. The fourth-order valence-electron chi connectivity index (χ4n) is 4.45. The number of benzene rings is 2. The van der Waals surface area contributed by atoms with Crippen LogP contribution in [0.1, 0.15) is 63.4 Å². The van der Waals surface area contributed by atoms with Gasteiger partial charge in [0.05, 0.1) is 23.6 Å². The Labute approximate surface area is 241 Å². The van der Waals surface area contributed by atoms with Crippen LogP contribution in [0.4, 0.5) is 11.4 Å². The lowest BCUT2D eigenvalue weighted by atomic mass is 9.88. The summed E-state index contributed by atoms with van der Waals surface area (Å²) in [6.45, 7) is 12.0. The van der Waals surface area contributed by atoms with E-state index in [1.807, 2.05) is 43.3 Å². The first-order valence-electron chi connectivity index (χ1n) is 13.6. The Morgan fingerprint density at radius 2 is 1.79 bits per heavy atom. The van der Waals surface area contributed by atoms with Crippen molar-refractivity contribution in [3.05, 3.63) is 59.7 Å². The largest absolute Gasteiger partial charge is 0.390 e. The van der Waals surface area contributed by atoms with E-state index in [0.29, 0.717) is 43.1 Å². The highest BCUT2D eigenvalue weighted by Crippen LogP contribution is 2.50. The van der Waals surface area contributed by atoms with Crippen molar-refractivity contribution in [1.29, 1.82) is 0 Å². The van der Waals surface area contributed by atoms with Gasteiger partial charge in [-0.15, -0.1) is 23.2 Å². The van der Waals surface area contributed by atoms with Crippen molar-refractivity contribution in [3.63, 3.8) is 0 Å². The van der Waals surface area contributed by atoms with Gasteiger partial charge in [-0.2, -0.15) is 0 Å². The number of aliphatic hydroxyl groups is 1. The molecule has 1 heterocycles. The maximum absolute atomic E-state index is 13.6. The van der Waals surface area contributed by atoms with Crippen molar-refractivity contribution in [3.8, 4) is 0 Å². The number of carbonyl (C=O) groups is 1. The first-order chi connectivity index (χ1) is 17.9. The van der Waals surface area contributed by atoms with Crippen molar-refractivity contribution in [2.45, 2.75) is 72.1 Å². The molecule has 2 aromatic rings. The minimum Gasteiger partial charge on any atom is -0.390 e. The molecule has 1 aliphatic rings.